The molecule has 1 amide bonds. The van der Waals surface area contributed by atoms with E-state index < -0.39 is 42.5 Å². The zero-order valence-corrected chi connectivity index (χ0v) is 12.3. The van der Waals surface area contributed by atoms with Crippen LogP contribution in [0.4, 0.5) is 13.2 Å². The smallest absolute Gasteiger partial charge is 0.419 e. The van der Waals surface area contributed by atoms with Gasteiger partial charge in [-0.25, -0.2) is 0 Å². The quantitative estimate of drug-likeness (QED) is 0.782. The number of carbonyl (C=O) groups is 2. The number of ether oxygens (including phenoxy) is 2. The second-order valence-corrected chi connectivity index (χ2v) is 4.48. The molecular weight excluding hydrogens is 319 g/mol. The molecule has 0 heterocycles. The summed E-state index contributed by atoms with van der Waals surface area (Å²) in [4.78, 5) is 23.6. The number of carboxylic acids is 1. The predicted molar refractivity (Wildman–Crippen MR) is 73.0 cm³/mol. The molecule has 0 fully saturated rings. The third-order valence-corrected chi connectivity index (χ3v) is 2.79. The van der Waals surface area contributed by atoms with Crippen molar-refractivity contribution in [1.82, 2.24) is 4.90 Å². The maximum Gasteiger partial charge on any atom is 0.419 e. The summed E-state index contributed by atoms with van der Waals surface area (Å²) in [6, 6.07) is 4.47. The minimum Gasteiger partial charge on any atom is -0.483 e. The summed E-state index contributed by atoms with van der Waals surface area (Å²) in [5.41, 5.74) is -1.01. The second-order valence-electron chi connectivity index (χ2n) is 4.48. The molecule has 0 unspecified atom stereocenters. The average molecular weight is 335 g/mol. The molecule has 0 bridgehead atoms. The van der Waals surface area contributed by atoms with Gasteiger partial charge in [0.25, 0.3) is 5.91 Å². The Balaban J connectivity index is 2.75. The maximum atomic E-state index is 12.8. The number of para-hydroxylation sites is 1. The van der Waals surface area contributed by atoms with Gasteiger partial charge in [-0.05, 0) is 12.1 Å². The van der Waals surface area contributed by atoms with Gasteiger partial charge in [0.2, 0.25) is 0 Å². The standard InChI is InChI=1S/C14H16F3NO5/c1-22-7-6-18(8-13(20)21)12(19)9-23-11-5-3-2-4-10(11)14(15,16)17/h2-5H,6-9H2,1H3,(H,20,21). The Kier molecular flexibility index (Phi) is 6.83. The summed E-state index contributed by atoms with van der Waals surface area (Å²) in [5.74, 6) is -2.48. The van der Waals surface area contributed by atoms with E-state index in [2.05, 4.69) is 0 Å². The summed E-state index contributed by atoms with van der Waals surface area (Å²) >= 11 is 0. The Morgan fingerprint density at radius 2 is 1.91 bits per heavy atom. The first-order chi connectivity index (χ1) is 10.8. The number of nitrogens with zero attached hydrogens (tertiary/aromatic N) is 1. The van der Waals surface area contributed by atoms with Crippen LogP contribution in [0.15, 0.2) is 24.3 Å². The SMILES string of the molecule is COCCN(CC(=O)O)C(=O)COc1ccccc1C(F)(F)F. The molecule has 1 N–H and O–H groups in total. The second kappa shape index (κ2) is 8.37. The van der Waals surface area contributed by atoms with Crippen LogP contribution < -0.4 is 4.74 Å². The molecule has 0 aromatic heterocycles. The van der Waals surface area contributed by atoms with Crippen molar-refractivity contribution in [2.45, 2.75) is 6.18 Å². The third kappa shape index (κ3) is 6.15. The van der Waals surface area contributed by atoms with Crippen LogP contribution in [0.5, 0.6) is 5.75 Å². The van der Waals surface area contributed by atoms with E-state index in [-0.39, 0.29) is 13.2 Å². The fraction of sp³-hybridized carbons (Fsp3) is 0.429. The van der Waals surface area contributed by atoms with E-state index in [4.69, 9.17) is 14.6 Å². The summed E-state index contributed by atoms with van der Waals surface area (Å²) in [6.07, 6.45) is -4.61. The van der Waals surface area contributed by atoms with Gasteiger partial charge in [-0.15, -0.1) is 0 Å². The molecule has 0 aliphatic carbocycles. The molecule has 6 nitrogen and oxygen atoms in total. The lowest BCUT2D eigenvalue weighted by Crippen LogP contribution is -2.40. The first kappa shape index (κ1) is 18.8. The van der Waals surface area contributed by atoms with Crippen LogP contribution in [0.3, 0.4) is 0 Å². The fourth-order valence-electron chi connectivity index (χ4n) is 1.71. The van der Waals surface area contributed by atoms with Crippen molar-refractivity contribution in [1.29, 1.82) is 0 Å². The Morgan fingerprint density at radius 3 is 2.48 bits per heavy atom. The van der Waals surface area contributed by atoms with Gasteiger partial charge in [0.1, 0.15) is 12.3 Å². The zero-order valence-electron chi connectivity index (χ0n) is 12.3. The average Bonchev–Trinajstić information content (AvgIpc) is 2.48. The molecule has 23 heavy (non-hydrogen) atoms. The number of alkyl halides is 3. The normalized spacial score (nSPS) is 11.1. The van der Waals surface area contributed by atoms with E-state index in [1.165, 1.54) is 19.2 Å². The van der Waals surface area contributed by atoms with Gasteiger partial charge in [0, 0.05) is 13.7 Å². The van der Waals surface area contributed by atoms with Crippen LogP contribution in [0, 0.1) is 0 Å². The summed E-state index contributed by atoms with van der Waals surface area (Å²) in [7, 11) is 1.37. The molecule has 0 saturated heterocycles. The number of carboxylic acid groups (broad SMARTS) is 1. The Bertz CT molecular complexity index is 547. The number of halogens is 3. The monoisotopic (exact) mass is 335 g/mol. The highest BCUT2D eigenvalue weighted by Gasteiger charge is 2.34. The number of aliphatic carboxylic acids is 1. The number of carbonyl (C=O) groups excluding carboxylic acids is 1. The summed E-state index contributed by atoms with van der Waals surface area (Å²) in [6.45, 7) is -1.21. The molecule has 1 aromatic rings. The highest BCUT2D eigenvalue weighted by Crippen LogP contribution is 2.35. The van der Waals surface area contributed by atoms with Crippen molar-refractivity contribution in [3.8, 4) is 5.75 Å². The number of hydrogen-bond acceptors (Lipinski definition) is 4. The summed E-state index contributed by atoms with van der Waals surface area (Å²) < 4.78 is 48.1. The highest BCUT2D eigenvalue weighted by atomic mass is 19.4. The molecule has 9 heteroatoms. The Hall–Kier alpha value is -2.29. The molecule has 0 atom stereocenters. The number of hydrogen-bond donors (Lipinski definition) is 1. The van der Waals surface area contributed by atoms with E-state index >= 15 is 0 Å². The Labute approximate surface area is 130 Å². The number of benzene rings is 1. The van der Waals surface area contributed by atoms with E-state index in [1.54, 1.807) is 0 Å². The summed E-state index contributed by atoms with van der Waals surface area (Å²) in [5, 5.41) is 8.74. The molecule has 0 aliphatic rings. The predicted octanol–water partition coefficient (Wildman–Crippen LogP) is 1.64. The maximum absolute atomic E-state index is 12.8. The Morgan fingerprint density at radius 1 is 1.26 bits per heavy atom. The number of methoxy groups -OCH3 is 1. The zero-order chi connectivity index (χ0) is 17.5. The fourth-order valence-corrected chi connectivity index (χ4v) is 1.71. The molecule has 0 saturated carbocycles. The topological polar surface area (TPSA) is 76.1 Å². The third-order valence-electron chi connectivity index (χ3n) is 2.79. The molecule has 1 rings (SSSR count). The van der Waals surface area contributed by atoms with E-state index in [0.29, 0.717) is 0 Å². The van der Waals surface area contributed by atoms with E-state index in [9.17, 15) is 22.8 Å². The number of rotatable bonds is 8. The van der Waals surface area contributed by atoms with Gasteiger partial charge in [-0.3, -0.25) is 9.59 Å². The van der Waals surface area contributed by atoms with Gasteiger partial charge in [0.05, 0.1) is 12.2 Å². The van der Waals surface area contributed by atoms with Gasteiger partial charge in [-0.2, -0.15) is 13.2 Å². The highest BCUT2D eigenvalue weighted by molar-refractivity contribution is 5.82. The van der Waals surface area contributed by atoms with Crippen LogP contribution in [0.2, 0.25) is 0 Å². The van der Waals surface area contributed by atoms with Gasteiger partial charge >= 0.3 is 12.1 Å². The molecule has 128 valence electrons. The van der Waals surface area contributed by atoms with Crippen LogP contribution >= 0.6 is 0 Å². The molecule has 0 radical (unpaired) electrons. The first-order valence-corrected chi connectivity index (χ1v) is 6.53. The van der Waals surface area contributed by atoms with Crippen molar-refractivity contribution in [2.75, 3.05) is 33.4 Å². The first-order valence-electron chi connectivity index (χ1n) is 6.53. The van der Waals surface area contributed by atoms with Crippen molar-refractivity contribution >= 4 is 11.9 Å². The molecule has 0 aliphatic heterocycles. The number of amides is 1. The van der Waals surface area contributed by atoms with E-state index in [0.717, 1.165) is 17.0 Å². The molecule has 0 spiro atoms. The van der Waals surface area contributed by atoms with Gasteiger partial charge < -0.3 is 19.5 Å². The minimum absolute atomic E-state index is 0.00802. The van der Waals surface area contributed by atoms with Crippen molar-refractivity contribution in [3.63, 3.8) is 0 Å². The molecule has 1 aromatic carbocycles. The van der Waals surface area contributed by atoms with Crippen molar-refractivity contribution in [3.05, 3.63) is 29.8 Å². The molecular formula is C14H16F3NO5. The van der Waals surface area contributed by atoms with Crippen LogP contribution in [-0.4, -0.2) is 55.3 Å². The minimum atomic E-state index is -4.61. The van der Waals surface area contributed by atoms with Gasteiger partial charge in [0.15, 0.2) is 6.61 Å². The van der Waals surface area contributed by atoms with Crippen LogP contribution in [-0.2, 0) is 20.5 Å². The van der Waals surface area contributed by atoms with Crippen molar-refractivity contribution in [2.24, 2.45) is 0 Å². The lowest BCUT2D eigenvalue weighted by atomic mass is 10.2. The van der Waals surface area contributed by atoms with Gasteiger partial charge in [-0.1, -0.05) is 12.1 Å². The van der Waals surface area contributed by atoms with Crippen molar-refractivity contribution < 1.29 is 37.3 Å². The lowest BCUT2D eigenvalue weighted by molar-refractivity contribution is -0.146. The van der Waals surface area contributed by atoms with E-state index in [1.807, 2.05) is 0 Å². The largest absolute Gasteiger partial charge is 0.483 e. The van der Waals surface area contributed by atoms with Crippen LogP contribution in [0.1, 0.15) is 5.56 Å². The van der Waals surface area contributed by atoms with Crippen LogP contribution in [0.25, 0.3) is 0 Å². The lowest BCUT2D eigenvalue weighted by Gasteiger charge is -2.21.